The maximum absolute atomic E-state index is 6.05. The fraction of sp³-hybridized carbons (Fsp3) is 0.118. The average molecular weight is 298 g/mol. The summed E-state index contributed by atoms with van der Waals surface area (Å²) in [4.78, 5) is 4.49. The highest BCUT2D eigenvalue weighted by Gasteiger charge is 2.14. The number of rotatable bonds is 4. The van der Waals surface area contributed by atoms with Crippen molar-refractivity contribution in [3.8, 4) is 0 Å². The maximum Gasteiger partial charge on any atom is 0.0750 e. The van der Waals surface area contributed by atoms with Crippen molar-refractivity contribution in [1.29, 1.82) is 0 Å². The van der Waals surface area contributed by atoms with Gasteiger partial charge in [-0.1, -0.05) is 48.0 Å². The smallest absolute Gasteiger partial charge is 0.0750 e. The van der Waals surface area contributed by atoms with Crippen molar-refractivity contribution in [2.75, 3.05) is 0 Å². The normalized spacial score (nSPS) is 12.5. The number of hydrazine groups is 1. The number of aromatic nitrogens is 1. The third kappa shape index (κ3) is 3.05. The van der Waals surface area contributed by atoms with Crippen LogP contribution in [-0.2, 0) is 6.42 Å². The Hall–Kier alpha value is -1.94. The predicted molar refractivity (Wildman–Crippen MR) is 87.0 cm³/mol. The van der Waals surface area contributed by atoms with Gasteiger partial charge in [0.1, 0.15) is 0 Å². The number of benzene rings is 2. The van der Waals surface area contributed by atoms with Crippen LogP contribution in [-0.4, -0.2) is 4.98 Å². The molecule has 0 saturated carbocycles. The van der Waals surface area contributed by atoms with Crippen LogP contribution in [0.4, 0.5) is 0 Å². The molecule has 3 N–H and O–H groups in total. The molecule has 3 aromatic rings. The van der Waals surface area contributed by atoms with E-state index in [2.05, 4.69) is 34.7 Å². The van der Waals surface area contributed by atoms with E-state index in [1.54, 1.807) is 6.20 Å². The molecule has 0 bridgehead atoms. The lowest BCUT2D eigenvalue weighted by Gasteiger charge is -2.18. The number of halogens is 1. The van der Waals surface area contributed by atoms with Crippen LogP contribution in [0.2, 0.25) is 5.02 Å². The highest BCUT2D eigenvalue weighted by Crippen LogP contribution is 2.25. The molecule has 0 spiro atoms. The zero-order valence-corrected chi connectivity index (χ0v) is 12.2. The minimum Gasteiger partial charge on any atom is -0.271 e. The molecule has 0 saturated heterocycles. The second-order valence-electron chi connectivity index (χ2n) is 4.98. The average Bonchev–Trinajstić information content (AvgIpc) is 2.52. The highest BCUT2D eigenvalue weighted by atomic mass is 35.5. The van der Waals surface area contributed by atoms with Crippen LogP contribution in [0, 0.1) is 0 Å². The van der Waals surface area contributed by atoms with Crippen molar-refractivity contribution in [2.45, 2.75) is 12.5 Å². The zero-order chi connectivity index (χ0) is 14.7. The molecule has 1 unspecified atom stereocenters. The van der Waals surface area contributed by atoms with Crippen molar-refractivity contribution in [1.82, 2.24) is 10.4 Å². The van der Waals surface area contributed by atoms with Gasteiger partial charge in [-0.25, -0.2) is 0 Å². The molecule has 1 heterocycles. The van der Waals surface area contributed by atoms with Crippen LogP contribution in [0.15, 0.2) is 60.8 Å². The van der Waals surface area contributed by atoms with Crippen LogP contribution < -0.4 is 11.3 Å². The Labute approximate surface area is 128 Å². The van der Waals surface area contributed by atoms with Crippen molar-refractivity contribution in [3.05, 3.63) is 76.9 Å². The largest absolute Gasteiger partial charge is 0.271 e. The third-order valence-corrected chi connectivity index (χ3v) is 3.80. The first kappa shape index (κ1) is 14.0. The Morgan fingerprint density at radius 3 is 2.71 bits per heavy atom. The van der Waals surface area contributed by atoms with Gasteiger partial charge in [0.2, 0.25) is 0 Å². The minimum absolute atomic E-state index is 0.0120. The summed E-state index contributed by atoms with van der Waals surface area (Å²) in [7, 11) is 0. The Morgan fingerprint density at radius 1 is 1.10 bits per heavy atom. The minimum atomic E-state index is -0.0120. The molecule has 4 heteroatoms. The van der Waals surface area contributed by atoms with Crippen LogP contribution >= 0.6 is 11.6 Å². The van der Waals surface area contributed by atoms with Gasteiger partial charge in [-0.3, -0.25) is 16.3 Å². The first-order valence-corrected chi connectivity index (χ1v) is 7.20. The van der Waals surface area contributed by atoms with Crippen molar-refractivity contribution in [2.24, 2.45) is 5.84 Å². The van der Waals surface area contributed by atoms with E-state index in [-0.39, 0.29) is 6.04 Å². The molecule has 106 valence electrons. The SMILES string of the molecule is NNC(Cc1cccc(Cl)c1)c1cccc2cccnc12. The number of hydrogen-bond acceptors (Lipinski definition) is 3. The van der Waals surface area contributed by atoms with Gasteiger partial charge in [0.25, 0.3) is 0 Å². The molecular formula is C17H16ClN3. The van der Waals surface area contributed by atoms with Gasteiger partial charge in [0.15, 0.2) is 0 Å². The first-order chi connectivity index (χ1) is 10.3. The fourth-order valence-corrected chi connectivity index (χ4v) is 2.78. The Morgan fingerprint density at radius 2 is 1.90 bits per heavy atom. The summed E-state index contributed by atoms with van der Waals surface area (Å²) in [6.07, 6.45) is 2.56. The van der Waals surface area contributed by atoms with Crippen LogP contribution in [0.3, 0.4) is 0 Å². The molecule has 0 amide bonds. The van der Waals surface area contributed by atoms with Gasteiger partial charge in [0, 0.05) is 16.6 Å². The number of fused-ring (bicyclic) bond motifs is 1. The van der Waals surface area contributed by atoms with Gasteiger partial charge in [-0.2, -0.15) is 0 Å². The molecule has 0 aliphatic heterocycles. The zero-order valence-electron chi connectivity index (χ0n) is 11.5. The number of hydrogen-bond donors (Lipinski definition) is 2. The van der Waals surface area contributed by atoms with Gasteiger partial charge >= 0.3 is 0 Å². The van der Waals surface area contributed by atoms with Crippen LogP contribution in [0.1, 0.15) is 17.2 Å². The summed E-state index contributed by atoms with van der Waals surface area (Å²) < 4.78 is 0. The van der Waals surface area contributed by atoms with Gasteiger partial charge in [-0.05, 0) is 35.7 Å². The molecule has 0 radical (unpaired) electrons. The summed E-state index contributed by atoms with van der Waals surface area (Å²) >= 11 is 6.05. The second-order valence-corrected chi connectivity index (χ2v) is 5.41. The Bertz CT molecular complexity index is 752. The molecule has 1 aromatic heterocycles. The van der Waals surface area contributed by atoms with Crippen molar-refractivity contribution < 1.29 is 0 Å². The summed E-state index contributed by atoms with van der Waals surface area (Å²) in [5, 5.41) is 1.85. The molecule has 3 nitrogen and oxygen atoms in total. The number of nitrogens with zero attached hydrogens (tertiary/aromatic N) is 1. The fourth-order valence-electron chi connectivity index (χ4n) is 2.57. The molecule has 3 rings (SSSR count). The van der Waals surface area contributed by atoms with E-state index in [0.717, 1.165) is 33.5 Å². The van der Waals surface area contributed by atoms with E-state index < -0.39 is 0 Å². The monoisotopic (exact) mass is 297 g/mol. The van der Waals surface area contributed by atoms with E-state index in [4.69, 9.17) is 17.4 Å². The molecule has 0 aliphatic carbocycles. The number of nitrogens with one attached hydrogen (secondary N) is 1. The summed E-state index contributed by atoms with van der Waals surface area (Å²) in [5.74, 6) is 5.77. The van der Waals surface area contributed by atoms with E-state index in [1.165, 1.54) is 0 Å². The summed E-state index contributed by atoms with van der Waals surface area (Å²) in [5.41, 5.74) is 6.10. The van der Waals surface area contributed by atoms with Gasteiger partial charge in [0.05, 0.1) is 11.6 Å². The predicted octanol–water partition coefficient (Wildman–Crippen LogP) is 3.64. The Balaban J connectivity index is 1.98. The van der Waals surface area contributed by atoms with Crippen molar-refractivity contribution in [3.63, 3.8) is 0 Å². The molecule has 0 fully saturated rings. The third-order valence-electron chi connectivity index (χ3n) is 3.57. The Kier molecular flexibility index (Phi) is 4.15. The number of para-hydroxylation sites is 1. The van der Waals surface area contributed by atoms with E-state index in [1.807, 2.05) is 30.3 Å². The lowest BCUT2D eigenvalue weighted by molar-refractivity contribution is 0.555. The second kappa shape index (κ2) is 6.22. The molecule has 0 aliphatic rings. The lowest BCUT2D eigenvalue weighted by atomic mass is 9.97. The van der Waals surface area contributed by atoms with E-state index in [9.17, 15) is 0 Å². The molecular weight excluding hydrogens is 282 g/mol. The maximum atomic E-state index is 6.05. The van der Waals surface area contributed by atoms with Crippen molar-refractivity contribution >= 4 is 22.5 Å². The first-order valence-electron chi connectivity index (χ1n) is 6.82. The highest BCUT2D eigenvalue weighted by molar-refractivity contribution is 6.30. The van der Waals surface area contributed by atoms with Gasteiger partial charge < -0.3 is 0 Å². The molecule has 21 heavy (non-hydrogen) atoms. The van der Waals surface area contributed by atoms with Gasteiger partial charge in [-0.15, -0.1) is 0 Å². The quantitative estimate of drug-likeness (QED) is 0.571. The standard InChI is InChI=1S/C17H16ClN3/c18-14-7-1-4-12(10-14)11-16(21-19)15-8-2-5-13-6-3-9-20-17(13)15/h1-10,16,21H,11,19H2. The van der Waals surface area contributed by atoms with E-state index in [0.29, 0.717) is 0 Å². The van der Waals surface area contributed by atoms with Crippen LogP contribution in [0.5, 0.6) is 0 Å². The summed E-state index contributed by atoms with van der Waals surface area (Å²) in [6.45, 7) is 0. The van der Waals surface area contributed by atoms with Crippen LogP contribution in [0.25, 0.3) is 10.9 Å². The molecule has 2 aromatic carbocycles. The topological polar surface area (TPSA) is 50.9 Å². The number of nitrogens with two attached hydrogens (primary N) is 1. The molecule has 1 atom stereocenters. The number of pyridine rings is 1. The van der Waals surface area contributed by atoms with E-state index >= 15 is 0 Å². The lowest BCUT2D eigenvalue weighted by Crippen LogP contribution is -2.29. The summed E-state index contributed by atoms with van der Waals surface area (Å²) in [6, 6.07) is 18.0.